The molecule has 0 atom stereocenters. The third-order valence-electron chi connectivity index (χ3n) is 2.79. The van der Waals surface area contributed by atoms with Crippen LogP contribution in [0.15, 0.2) is 36.4 Å². The first kappa shape index (κ1) is 12.5. The van der Waals surface area contributed by atoms with Crippen LogP contribution in [0.2, 0.25) is 0 Å². The Kier molecular flexibility index (Phi) is 3.42. The van der Waals surface area contributed by atoms with E-state index < -0.39 is 5.82 Å². The fourth-order valence-corrected chi connectivity index (χ4v) is 2.87. The number of thiophene rings is 1. The monoisotopic (exact) mass is 278 g/mol. The molecule has 1 aromatic carbocycles. The predicted octanol–water partition coefficient (Wildman–Crippen LogP) is 3.16. The maximum Gasteiger partial charge on any atom is 0.203 e. The van der Waals surface area contributed by atoms with Crippen molar-refractivity contribution in [2.45, 2.75) is 6.29 Å². The first-order valence-corrected chi connectivity index (χ1v) is 6.69. The molecule has 0 saturated carbocycles. The molecule has 98 valence electrons. The average molecular weight is 278 g/mol. The Hall–Kier alpha value is -1.56. The predicted molar refractivity (Wildman–Crippen MR) is 68.8 cm³/mol. The second-order valence-corrected chi connectivity index (χ2v) is 5.23. The van der Waals surface area contributed by atoms with Crippen molar-refractivity contribution in [2.24, 2.45) is 0 Å². The van der Waals surface area contributed by atoms with Gasteiger partial charge in [-0.15, -0.1) is 11.3 Å². The molecule has 0 aliphatic carbocycles. The van der Waals surface area contributed by atoms with E-state index in [0.29, 0.717) is 23.7 Å². The standard InChI is InChI=1S/C14H11FO3S/c15-10-3-1-2-9(8-10)13(16)11-4-5-12(19-11)14-17-6-7-18-14/h1-5,8,14H,6-7H2. The topological polar surface area (TPSA) is 35.5 Å². The van der Waals surface area contributed by atoms with Gasteiger partial charge in [-0.3, -0.25) is 4.79 Å². The van der Waals surface area contributed by atoms with E-state index in [1.807, 2.05) is 6.07 Å². The summed E-state index contributed by atoms with van der Waals surface area (Å²) in [5.41, 5.74) is 0.349. The fourth-order valence-electron chi connectivity index (χ4n) is 1.90. The second-order valence-electron chi connectivity index (χ2n) is 4.11. The third-order valence-corrected chi connectivity index (χ3v) is 3.90. The molecule has 0 radical (unpaired) electrons. The molecule has 1 fully saturated rings. The highest BCUT2D eigenvalue weighted by atomic mass is 32.1. The van der Waals surface area contributed by atoms with Gasteiger partial charge < -0.3 is 9.47 Å². The molecule has 2 heterocycles. The van der Waals surface area contributed by atoms with E-state index in [-0.39, 0.29) is 12.1 Å². The van der Waals surface area contributed by atoms with E-state index in [9.17, 15) is 9.18 Å². The molecule has 5 heteroatoms. The summed E-state index contributed by atoms with van der Waals surface area (Å²) < 4.78 is 23.9. The molecule has 0 unspecified atom stereocenters. The lowest BCUT2D eigenvalue weighted by Crippen LogP contribution is -1.98. The molecule has 0 bridgehead atoms. The number of ether oxygens (including phenoxy) is 2. The molecule has 19 heavy (non-hydrogen) atoms. The molecule has 1 saturated heterocycles. The van der Waals surface area contributed by atoms with Crippen molar-refractivity contribution in [1.29, 1.82) is 0 Å². The number of hydrogen-bond donors (Lipinski definition) is 0. The van der Waals surface area contributed by atoms with Crippen molar-refractivity contribution in [2.75, 3.05) is 13.2 Å². The number of carbonyl (C=O) groups is 1. The van der Waals surface area contributed by atoms with Crippen molar-refractivity contribution in [1.82, 2.24) is 0 Å². The molecule has 1 aliphatic rings. The highest BCUT2D eigenvalue weighted by molar-refractivity contribution is 7.14. The molecule has 0 spiro atoms. The van der Waals surface area contributed by atoms with Crippen molar-refractivity contribution in [3.8, 4) is 0 Å². The van der Waals surface area contributed by atoms with Gasteiger partial charge in [0.25, 0.3) is 0 Å². The summed E-state index contributed by atoms with van der Waals surface area (Å²) in [6.45, 7) is 1.13. The summed E-state index contributed by atoms with van der Waals surface area (Å²) in [5.74, 6) is -0.598. The Morgan fingerprint density at radius 3 is 2.74 bits per heavy atom. The maximum absolute atomic E-state index is 13.1. The Bertz CT molecular complexity index is 602. The van der Waals surface area contributed by atoms with E-state index in [4.69, 9.17) is 9.47 Å². The Labute approximate surface area is 113 Å². The average Bonchev–Trinajstić information content (AvgIpc) is 3.08. The SMILES string of the molecule is O=C(c1cccc(F)c1)c1ccc(C2OCCO2)s1. The van der Waals surface area contributed by atoms with Gasteiger partial charge in [0.1, 0.15) is 5.82 Å². The Morgan fingerprint density at radius 1 is 1.21 bits per heavy atom. The molecule has 0 amide bonds. The molecule has 2 aromatic rings. The van der Waals surface area contributed by atoms with Gasteiger partial charge in [0.05, 0.1) is 23.0 Å². The summed E-state index contributed by atoms with van der Waals surface area (Å²) in [5, 5.41) is 0. The van der Waals surface area contributed by atoms with Crippen LogP contribution in [0.25, 0.3) is 0 Å². The Balaban J connectivity index is 1.84. The van der Waals surface area contributed by atoms with Crippen LogP contribution >= 0.6 is 11.3 Å². The second kappa shape index (κ2) is 5.21. The van der Waals surface area contributed by atoms with Crippen LogP contribution in [0, 0.1) is 5.82 Å². The van der Waals surface area contributed by atoms with Crippen molar-refractivity contribution in [3.63, 3.8) is 0 Å². The number of ketones is 1. The number of carbonyl (C=O) groups excluding carboxylic acids is 1. The summed E-state index contributed by atoms with van der Waals surface area (Å²) in [6.07, 6.45) is -0.376. The van der Waals surface area contributed by atoms with Crippen LogP contribution in [0.4, 0.5) is 4.39 Å². The first-order chi connectivity index (χ1) is 9.24. The molecule has 3 rings (SSSR count). The third kappa shape index (κ3) is 2.58. The summed E-state index contributed by atoms with van der Waals surface area (Å²) in [6, 6.07) is 9.22. The Morgan fingerprint density at radius 2 is 2.00 bits per heavy atom. The number of hydrogen-bond acceptors (Lipinski definition) is 4. The number of rotatable bonds is 3. The van der Waals surface area contributed by atoms with Crippen molar-refractivity contribution >= 4 is 17.1 Å². The zero-order chi connectivity index (χ0) is 13.2. The fraction of sp³-hybridized carbons (Fsp3) is 0.214. The van der Waals surface area contributed by atoms with Gasteiger partial charge in [0.2, 0.25) is 5.78 Å². The molecule has 1 aliphatic heterocycles. The molecule has 1 aromatic heterocycles. The van der Waals surface area contributed by atoms with E-state index in [1.165, 1.54) is 29.5 Å². The van der Waals surface area contributed by atoms with E-state index >= 15 is 0 Å². The molecule has 0 N–H and O–H groups in total. The van der Waals surface area contributed by atoms with Gasteiger partial charge in [-0.2, -0.15) is 0 Å². The van der Waals surface area contributed by atoms with Gasteiger partial charge in [0, 0.05) is 5.56 Å². The van der Waals surface area contributed by atoms with Crippen LogP contribution in [0.5, 0.6) is 0 Å². The normalized spacial score (nSPS) is 15.8. The summed E-state index contributed by atoms with van der Waals surface area (Å²) in [4.78, 5) is 13.6. The van der Waals surface area contributed by atoms with Gasteiger partial charge in [-0.1, -0.05) is 12.1 Å². The van der Waals surface area contributed by atoms with Crippen LogP contribution in [0.1, 0.15) is 26.4 Å². The minimum absolute atomic E-state index is 0.186. The first-order valence-electron chi connectivity index (χ1n) is 5.87. The lowest BCUT2D eigenvalue weighted by atomic mass is 10.1. The number of halogens is 1. The van der Waals surface area contributed by atoms with Crippen LogP contribution in [-0.4, -0.2) is 19.0 Å². The summed E-state index contributed by atoms with van der Waals surface area (Å²) in [7, 11) is 0. The minimum Gasteiger partial charge on any atom is -0.345 e. The quantitative estimate of drug-likeness (QED) is 0.809. The minimum atomic E-state index is -0.412. The van der Waals surface area contributed by atoms with Gasteiger partial charge in [0.15, 0.2) is 6.29 Å². The smallest absolute Gasteiger partial charge is 0.203 e. The zero-order valence-corrected chi connectivity index (χ0v) is 10.8. The van der Waals surface area contributed by atoms with E-state index in [2.05, 4.69) is 0 Å². The van der Waals surface area contributed by atoms with E-state index in [0.717, 1.165) is 4.88 Å². The lowest BCUT2D eigenvalue weighted by Gasteiger charge is -2.04. The van der Waals surface area contributed by atoms with Gasteiger partial charge in [-0.25, -0.2) is 4.39 Å². The highest BCUT2D eigenvalue weighted by Gasteiger charge is 2.22. The van der Waals surface area contributed by atoms with Crippen LogP contribution < -0.4 is 0 Å². The lowest BCUT2D eigenvalue weighted by molar-refractivity contribution is -0.0413. The van der Waals surface area contributed by atoms with Crippen molar-refractivity contribution in [3.05, 3.63) is 57.5 Å². The molecular weight excluding hydrogens is 267 g/mol. The zero-order valence-electron chi connectivity index (χ0n) is 9.97. The van der Waals surface area contributed by atoms with E-state index in [1.54, 1.807) is 12.1 Å². The van der Waals surface area contributed by atoms with Crippen LogP contribution in [0.3, 0.4) is 0 Å². The molecule has 3 nitrogen and oxygen atoms in total. The maximum atomic E-state index is 13.1. The molecular formula is C14H11FO3S. The largest absolute Gasteiger partial charge is 0.345 e. The van der Waals surface area contributed by atoms with Crippen molar-refractivity contribution < 1.29 is 18.7 Å². The summed E-state index contributed by atoms with van der Waals surface area (Å²) >= 11 is 1.32. The highest BCUT2D eigenvalue weighted by Crippen LogP contribution is 2.30. The van der Waals surface area contributed by atoms with Gasteiger partial charge >= 0.3 is 0 Å². The van der Waals surface area contributed by atoms with Gasteiger partial charge in [-0.05, 0) is 24.3 Å². The number of benzene rings is 1. The van der Waals surface area contributed by atoms with Crippen LogP contribution in [-0.2, 0) is 9.47 Å².